The van der Waals surface area contributed by atoms with E-state index in [0.717, 1.165) is 18.6 Å². The van der Waals surface area contributed by atoms with Crippen molar-refractivity contribution < 1.29 is 9.47 Å². The molecule has 3 nitrogen and oxygen atoms in total. The molecule has 0 radical (unpaired) electrons. The lowest BCUT2D eigenvalue weighted by Crippen LogP contribution is -2.41. The number of ether oxygens (including phenoxy) is 2. The van der Waals surface area contributed by atoms with E-state index in [4.69, 9.17) is 15.2 Å². The van der Waals surface area contributed by atoms with Crippen molar-refractivity contribution in [3.63, 3.8) is 0 Å². The molecule has 1 aliphatic rings. The van der Waals surface area contributed by atoms with Crippen molar-refractivity contribution in [1.82, 2.24) is 0 Å². The summed E-state index contributed by atoms with van der Waals surface area (Å²) in [5.74, 6) is 0.897. The highest BCUT2D eigenvalue weighted by Crippen LogP contribution is 2.29. The topological polar surface area (TPSA) is 44.5 Å². The van der Waals surface area contributed by atoms with Gasteiger partial charge in [-0.15, -0.1) is 0 Å². The fraction of sp³-hybridized carbons (Fsp3) is 0.625. The SMILES string of the molecule is NCC1(OCCOc2ccccc2)CCCCCC1. The van der Waals surface area contributed by atoms with Gasteiger partial charge in [0.05, 0.1) is 12.2 Å². The third-order valence-corrected chi connectivity index (χ3v) is 3.89. The fourth-order valence-electron chi connectivity index (χ4n) is 2.71. The molecule has 19 heavy (non-hydrogen) atoms. The van der Waals surface area contributed by atoms with Crippen molar-refractivity contribution >= 4 is 0 Å². The molecule has 0 atom stereocenters. The van der Waals surface area contributed by atoms with Crippen LogP contribution in [-0.2, 0) is 4.74 Å². The van der Waals surface area contributed by atoms with E-state index < -0.39 is 0 Å². The van der Waals surface area contributed by atoms with Gasteiger partial charge in [-0.3, -0.25) is 0 Å². The molecule has 1 saturated carbocycles. The van der Waals surface area contributed by atoms with Gasteiger partial charge >= 0.3 is 0 Å². The Hall–Kier alpha value is -1.06. The van der Waals surface area contributed by atoms with E-state index in [-0.39, 0.29) is 5.60 Å². The van der Waals surface area contributed by atoms with Crippen LogP contribution in [0, 0.1) is 0 Å². The van der Waals surface area contributed by atoms with Crippen LogP contribution in [0.25, 0.3) is 0 Å². The van der Waals surface area contributed by atoms with E-state index in [1.54, 1.807) is 0 Å². The van der Waals surface area contributed by atoms with Gasteiger partial charge in [-0.2, -0.15) is 0 Å². The van der Waals surface area contributed by atoms with Gasteiger partial charge in [0.1, 0.15) is 12.4 Å². The van der Waals surface area contributed by atoms with E-state index in [1.165, 1.54) is 25.7 Å². The molecular weight excluding hydrogens is 238 g/mol. The zero-order valence-electron chi connectivity index (χ0n) is 11.6. The average Bonchev–Trinajstić information content (AvgIpc) is 2.71. The summed E-state index contributed by atoms with van der Waals surface area (Å²) in [7, 11) is 0. The lowest BCUT2D eigenvalue weighted by Gasteiger charge is -2.31. The number of nitrogens with two attached hydrogens (primary N) is 1. The summed E-state index contributed by atoms with van der Waals surface area (Å²) < 4.78 is 11.7. The molecule has 0 heterocycles. The first-order valence-electron chi connectivity index (χ1n) is 7.37. The minimum Gasteiger partial charge on any atom is -0.491 e. The van der Waals surface area contributed by atoms with Crippen LogP contribution in [0.5, 0.6) is 5.75 Å². The van der Waals surface area contributed by atoms with Gasteiger partial charge in [0.15, 0.2) is 0 Å². The van der Waals surface area contributed by atoms with Gasteiger partial charge in [0.25, 0.3) is 0 Å². The summed E-state index contributed by atoms with van der Waals surface area (Å²) >= 11 is 0. The van der Waals surface area contributed by atoms with E-state index in [1.807, 2.05) is 30.3 Å². The standard InChI is InChI=1S/C16H25NO2/c17-14-16(10-6-1-2-7-11-16)19-13-12-18-15-8-4-3-5-9-15/h3-5,8-9H,1-2,6-7,10-14,17H2. The smallest absolute Gasteiger partial charge is 0.119 e. The molecule has 106 valence electrons. The molecule has 0 aromatic heterocycles. The first-order chi connectivity index (χ1) is 9.35. The van der Waals surface area contributed by atoms with E-state index >= 15 is 0 Å². The molecule has 1 aromatic rings. The molecular formula is C16H25NO2. The molecule has 2 N–H and O–H groups in total. The van der Waals surface area contributed by atoms with E-state index in [0.29, 0.717) is 19.8 Å². The number of benzene rings is 1. The van der Waals surface area contributed by atoms with Crippen molar-refractivity contribution in [3.8, 4) is 5.75 Å². The van der Waals surface area contributed by atoms with Crippen molar-refractivity contribution in [1.29, 1.82) is 0 Å². The van der Waals surface area contributed by atoms with Gasteiger partial charge in [-0.05, 0) is 25.0 Å². The Kier molecular flexibility index (Phi) is 5.67. The van der Waals surface area contributed by atoms with Crippen LogP contribution >= 0.6 is 0 Å². The van der Waals surface area contributed by atoms with Gasteiger partial charge < -0.3 is 15.2 Å². The molecule has 0 amide bonds. The molecule has 0 aliphatic heterocycles. The maximum Gasteiger partial charge on any atom is 0.119 e. The Bertz CT molecular complexity index is 345. The van der Waals surface area contributed by atoms with E-state index in [2.05, 4.69) is 0 Å². The third kappa shape index (κ3) is 4.51. The Morgan fingerprint density at radius 3 is 2.26 bits per heavy atom. The second-order valence-corrected chi connectivity index (χ2v) is 5.31. The fourth-order valence-corrected chi connectivity index (χ4v) is 2.71. The van der Waals surface area contributed by atoms with Gasteiger partial charge in [-0.25, -0.2) is 0 Å². The van der Waals surface area contributed by atoms with Crippen LogP contribution < -0.4 is 10.5 Å². The van der Waals surface area contributed by atoms with Crippen LogP contribution in [0.4, 0.5) is 0 Å². The molecule has 2 rings (SSSR count). The first-order valence-corrected chi connectivity index (χ1v) is 7.37. The minimum atomic E-state index is -0.101. The normalized spacial score (nSPS) is 18.8. The van der Waals surface area contributed by atoms with Crippen molar-refractivity contribution in [3.05, 3.63) is 30.3 Å². The summed E-state index contributed by atoms with van der Waals surface area (Å²) in [6.45, 7) is 1.83. The molecule has 3 heteroatoms. The van der Waals surface area contributed by atoms with Crippen molar-refractivity contribution in [2.45, 2.75) is 44.1 Å². The van der Waals surface area contributed by atoms with Gasteiger partial charge in [0.2, 0.25) is 0 Å². The second-order valence-electron chi connectivity index (χ2n) is 5.31. The van der Waals surface area contributed by atoms with Crippen molar-refractivity contribution in [2.75, 3.05) is 19.8 Å². The van der Waals surface area contributed by atoms with Crippen molar-refractivity contribution in [2.24, 2.45) is 5.73 Å². The predicted molar refractivity (Wildman–Crippen MR) is 77.4 cm³/mol. The third-order valence-electron chi connectivity index (χ3n) is 3.89. The van der Waals surface area contributed by atoms with Crippen LogP contribution in [-0.4, -0.2) is 25.4 Å². The minimum absolute atomic E-state index is 0.101. The summed E-state index contributed by atoms with van der Waals surface area (Å²) in [6, 6.07) is 9.86. The molecule has 1 aliphatic carbocycles. The summed E-state index contributed by atoms with van der Waals surface area (Å²) in [4.78, 5) is 0. The molecule has 0 spiro atoms. The monoisotopic (exact) mass is 263 g/mol. The molecule has 0 unspecified atom stereocenters. The highest BCUT2D eigenvalue weighted by molar-refractivity contribution is 5.20. The molecule has 0 saturated heterocycles. The van der Waals surface area contributed by atoms with Crippen LogP contribution in [0.2, 0.25) is 0 Å². The Morgan fingerprint density at radius 2 is 1.63 bits per heavy atom. The zero-order valence-corrected chi connectivity index (χ0v) is 11.6. The predicted octanol–water partition coefficient (Wildman–Crippen LogP) is 3.13. The Labute approximate surface area is 116 Å². The zero-order chi connectivity index (χ0) is 13.4. The first kappa shape index (κ1) is 14.4. The number of para-hydroxylation sites is 1. The average molecular weight is 263 g/mol. The summed E-state index contributed by atoms with van der Waals surface area (Å²) in [6.07, 6.45) is 7.27. The highest BCUT2D eigenvalue weighted by atomic mass is 16.5. The van der Waals surface area contributed by atoms with Gasteiger partial charge in [-0.1, -0.05) is 43.9 Å². The van der Waals surface area contributed by atoms with Crippen LogP contribution in [0.15, 0.2) is 30.3 Å². The highest BCUT2D eigenvalue weighted by Gasteiger charge is 2.30. The quantitative estimate of drug-likeness (QED) is 0.633. The van der Waals surface area contributed by atoms with Crippen LogP contribution in [0.1, 0.15) is 38.5 Å². The summed E-state index contributed by atoms with van der Waals surface area (Å²) in [5, 5.41) is 0. The maximum absolute atomic E-state index is 6.07. The molecule has 1 aromatic carbocycles. The maximum atomic E-state index is 6.07. The Morgan fingerprint density at radius 1 is 0.947 bits per heavy atom. The van der Waals surface area contributed by atoms with Crippen LogP contribution in [0.3, 0.4) is 0 Å². The number of hydrogen-bond acceptors (Lipinski definition) is 3. The Balaban J connectivity index is 1.73. The lowest BCUT2D eigenvalue weighted by molar-refractivity contribution is -0.0586. The van der Waals surface area contributed by atoms with E-state index in [9.17, 15) is 0 Å². The van der Waals surface area contributed by atoms with Gasteiger partial charge in [0, 0.05) is 6.54 Å². The lowest BCUT2D eigenvalue weighted by atomic mass is 9.94. The number of hydrogen-bond donors (Lipinski definition) is 1. The molecule has 1 fully saturated rings. The number of rotatable bonds is 6. The second kappa shape index (κ2) is 7.51. The largest absolute Gasteiger partial charge is 0.491 e. The summed E-state index contributed by atoms with van der Waals surface area (Å²) in [5.41, 5.74) is 5.83. The molecule has 0 bridgehead atoms.